The van der Waals surface area contributed by atoms with Crippen LogP contribution in [0.15, 0.2) is 0 Å². The molecule has 2 nitrogen and oxygen atoms in total. The van der Waals surface area contributed by atoms with E-state index in [2.05, 4.69) is 20.9 Å². The van der Waals surface area contributed by atoms with Crippen LogP contribution >= 0.6 is 0 Å². The van der Waals surface area contributed by atoms with Crippen molar-refractivity contribution in [1.29, 1.82) is 0 Å². The van der Waals surface area contributed by atoms with E-state index in [1.807, 2.05) is 0 Å². The van der Waals surface area contributed by atoms with Crippen LogP contribution in [0.2, 0.25) is 0 Å². The molecule has 0 amide bonds. The summed E-state index contributed by atoms with van der Waals surface area (Å²) in [6, 6.07) is 0. The Labute approximate surface area is 63.4 Å². The van der Waals surface area contributed by atoms with Gasteiger partial charge in [-0.15, -0.1) is 0 Å². The molecule has 0 aromatic carbocycles. The summed E-state index contributed by atoms with van der Waals surface area (Å²) in [5, 5.41) is 0. The molecule has 0 radical (unpaired) electrons. The van der Waals surface area contributed by atoms with Crippen molar-refractivity contribution in [3.05, 3.63) is 0 Å². The SMILES string of the molecule is CCC[N+](C)(CC)CC=O. The number of hydrogen-bond donors (Lipinski definition) is 0. The van der Waals surface area contributed by atoms with Gasteiger partial charge in [0.15, 0.2) is 6.29 Å². The highest BCUT2D eigenvalue weighted by Crippen LogP contribution is 2.00. The van der Waals surface area contributed by atoms with Crippen LogP contribution < -0.4 is 0 Å². The van der Waals surface area contributed by atoms with Gasteiger partial charge in [-0.3, -0.25) is 4.79 Å². The third-order valence-corrected chi connectivity index (χ3v) is 2.04. The predicted molar refractivity (Wildman–Crippen MR) is 42.8 cm³/mol. The van der Waals surface area contributed by atoms with Crippen molar-refractivity contribution < 1.29 is 9.28 Å². The van der Waals surface area contributed by atoms with Gasteiger partial charge in [-0.1, -0.05) is 6.92 Å². The van der Waals surface area contributed by atoms with Gasteiger partial charge >= 0.3 is 0 Å². The third kappa shape index (κ3) is 2.97. The van der Waals surface area contributed by atoms with Crippen molar-refractivity contribution in [1.82, 2.24) is 0 Å². The second-order valence-electron chi connectivity index (χ2n) is 3.01. The van der Waals surface area contributed by atoms with E-state index < -0.39 is 0 Å². The van der Waals surface area contributed by atoms with Crippen molar-refractivity contribution in [2.45, 2.75) is 20.3 Å². The predicted octanol–water partition coefficient (Wildman–Crippen LogP) is 1.06. The van der Waals surface area contributed by atoms with Crippen LogP contribution in [0.4, 0.5) is 0 Å². The molecule has 0 heterocycles. The standard InChI is InChI=1S/C8H18NO/c1-4-6-9(3,5-2)7-8-10/h8H,4-7H2,1-3H3/q+1. The largest absolute Gasteiger partial charge is 0.320 e. The maximum absolute atomic E-state index is 10.2. The summed E-state index contributed by atoms with van der Waals surface area (Å²) in [6.45, 7) is 7.09. The van der Waals surface area contributed by atoms with E-state index >= 15 is 0 Å². The van der Waals surface area contributed by atoms with Crippen LogP contribution in [0.3, 0.4) is 0 Å². The van der Waals surface area contributed by atoms with Crippen LogP contribution in [0, 0.1) is 0 Å². The monoisotopic (exact) mass is 144 g/mol. The summed E-state index contributed by atoms with van der Waals surface area (Å²) in [7, 11) is 2.12. The number of hydrogen-bond acceptors (Lipinski definition) is 1. The van der Waals surface area contributed by atoms with Crippen molar-refractivity contribution in [3.63, 3.8) is 0 Å². The van der Waals surface area contributed by atoms with E-state index in [4.69, 9.17) is 0 Å². The zero-order valence-electron chi connectivity index (χ0n) is 7.26. The van der Waals surface area contributed by atoms with Crippen molar-refractivity contribution in [3.8, 4) is 0 Å². The van der Waals surface area contributed by atoms with Gasteiger partial charge in [-0.05, 0) is 13.3 Å². The Morgan fingerprint density at radius 1 is 1.40 bits per heavy atom. The Kier molecular flexibility index (Phi) is 4.28. The second-order valence-corrected chi connectivity index (χ2v) is 3.01. The van der Waals surface area contributed by atoms with E-state index in [1.165, 1.54) is 0 Å². The molecule has 60 valence electrons. The van der Waals surface area contributed by atoms with E-state index in [0.717, 1.165) is 30.3 Å². The minimum Gasteiger partial charge on any atom is -0.320 e. The van der Waals surface area contributed by atoms with Gasteiger partial charge in [0, 0.05) is 0 Å². The van der Waals surface area contributed by atoms with Crippen LogP contribution in [0.5, 0.6) is 0 Å². The van der Waals surface area contributed by atoms with E-state index in [9.17, 15) is 4.79 Å². The molecule has 0 aliphatic heterocycles. The Bertz CT molecular complexity index is 103. The first-order valence-corrected chi connectivity index (χ1v) is 3.95. The molecular formula is C8H18NO+. The van der Waals surface area contributed by atoms with Gasteiger partial charge in [0.1, 0.15) is 6.54 Å². The molecule has 0 N–H and O–H groups in total. The van der Waals surface area contributed by atoms with Crippen molar-refractivity contribution in [2.75, 3.05) is 26.7 Å². The van der Waals surface area contributed by atoms with Crippen LogP contribution in [0.25, 0.3) is 0 Å². The Hall–Kier alpha value is -0.370. The highest BCUT2D eigenvalue weighted by molar-refractivity contribution is 5.50. The first-order chi connectivity index (χ1) is 4.68. The summed E-state index contributed by atoms with van der Waals surface area (Å²) in [4.78, 5) is 10.2. The zero-order valence-corrected chi connectivity index (χ0v) is 7.26. The number of rotatable bonds is 5. The number of likely N-dealkylation sites (N-methyl/N-ethyl adjacent to an activating group) is 1. The number of nitrogens with zero attached hydrogens (tertiary/aromatic N) is 1. The lowest BCUT2D eigenvalue weighted by atomic mass is 10.3. The Morgan fingerprint density at radius 2 is 2.00 bits per heavy atom. The topological polar surface area (TPSA) is 17.1 Å². The highest BCUT2D eigenvalue weighted by atomic mass is 16.1. The molecule has 0 aromatic rings. The van der Waals surface area contributed by atoms with Gasteiger partial charge in [0.2, 0.25) is 0 Å². The number of carbonyl (C=O) groups is 1. The van der Waals surface area contributed by atoms with Crippen LogP contribution in [-0.4, -0.2) is 37.5 Å². The minimum atomic E-state index is 0.657. The van der Waals surface area contributed by atoms with Crippen molar-refractivity contribution >= 4 is 6.29 Å². The van der Waals surface area contributed by atoms with Crippen LogP contribution in [-0.2, 0) is 4.79 Å². The minimum absolute atomic E-state index is 0.657. The molecule has 0 rings (SSSR count). The summed E-state index contributed by atoms with van der Waals surface area (Å²) in [6.07, 6.45) is 2.16. The fraction of sp³-hybridized carbons (Fsp3) is 0.875. The zero-order chi connectivity index (χ0) is 8.04. The summed E-state index contributed by atoms with van der Waals surface area (Å²) in [5.41, 5.74) is 0. The average Bonchev–Trinajstić information content (AvgIpc) is 1.89. The van der Waals surface area contributed by atoms with Gasteiger partial charge in [0.05, 0.1) is 20.1 Å². The van der Waals surface area contributed by atoms with Crippen LogP contribution in [0.1, 0.15) is 20.3 Å². The highest BCUT2D eigenvalue weighted by Gasteiger charge is 2.15. The molecule has 0 fully saturated rings. The molecule has 1 unspecified atom stereocenters. The fourth-order valence-electron chi connectivity index (χ4n) is 1.10. The molecule has 0 aliphatic carbocycles. The summed E-state index contributed by atoms with van der Waals surface area (Å²) in [5.74, 6) is 0. The van der Waals surface area contributed by atoms with E-state index in [1.54, 1.807) is 0 Å². The first kappa shape index (κ1) is 9.63. The molecule has 10 heavy (non-hydrogen) atoms. The normalized spacial score (nSPS) is 16.3. The number of aldehydes is 1. The summed E-state index contributed by atoms with van der Waals surface area (Å²) < 4.78 is 0.889. The second kappa shape index (κ2) is 4.45. The smallest absolute Gasteiger partial charge is 0.174 e. The van der Waals surface area contributed by atoms with E-state index in [0.29, 0.717) is 6.54 Å². The summed E-state index contributed by atoms with van der Waals surface area (Å²) >= 11 is 0. The molecular weight excluding hydrogens is 126 g/mol. The maximum Gasteiger partial charge on any atom is 0.174 e. The number of quaternary nitrogens is 1. The molecule has 0 spiro atoms. The lowest BCUT2D eigenvalue weighted by molar-refractivity contribution is -0.899. The lowest BCUT2D eigenvalue weighted by Gasteiger charge is -2.30. The van der Waals surface area contributed by atoms with Gasteiger partial charge in [0.25, 0.3) is 0 Å². The molecule has 1 atom stereocenters. The van der Waals surface area contributed by atoms with E-state index in [-0.39, 0.29) is 0 Å². The fourth-order valence-corrected chi connectivity index (χ4v) is 1.10. The lowest BCUT2D eigenvalue weighted by Crippen LogP contribution is -2.45. The Balaban J connectivity index is 3.80. The molecule has 0 bridgehead atoms. The quantitative estimate of drug-likeness (QED) is 0.416. The maximum atomic E-state index is 10.2. The van der Waals surface area contributed by atoms with Crippen molar-refractivity contribution in [2.24, 2.45) is 0 Å². The Morgan fingerprint density at radius 3 is 2.30 bits per heavy atom. The molecule has 0 saturated heterocycles. The van der Waals surface area contributed by atoms with Gasteiger partial charge in [-0.2, -0.15) is 0 Å². The molecule has 0 aromatic heterocycles. The first-order valence-electron chi connectivity index (χ1n) is 3.95. The van der Waals surface area contributed by atoms with Gasteiger partial charge in [-0.25, -0.2) is 0 Å². The third-order valence-electron chi connectivity index (χ3n) is 2.04. The molecule has 0 aliphatic rings. The molecule has 0 saturated carbocycles. The van der Waals surface area contributed by atoms with Gasteiger partial charge < -0.3 is 4.48 Å². The number of carbonyl (C=O) groups excluding carboxylic acids is 1. The average molecular weight is 144 g/mol. The molecule has 2 heteroatoms.